The summed E-state index contributed by atoms with van der Waals surface area (Å²) in [5.74, 6) is -2.98. The number of alkyl halides is 2. The minimum atomic E-state index is -2.58. The Hall–Kier alpha value is -0.970. The minimum absolute atomic E-state index is 0.119. The number of amides is 1. The molecule has 0 saturated heterocycles. The van der Waals surface area contributed by atoms with E-state index in [2.05, 4.69) is 21.2 Å². The summed E-state index contributed by atoms with van der Waals surface area (Å²) in [7, 11) is 0. The predicted octanol–water partition coefficient (Wildman–Crippen LogP) is 3.89. The molecule has 0 unspecified atom stereocenters. The van der Waals surface area contributed by atoms with Gasteiger partial charge in [-0.25, -0.2) is 8.78 Å². The number of hydrogen-bond acceptors (Lipinski definition) is 1. The van der Waals surface area contributed by atoms with E-state index >= 15 is 0 Å². The van der Waals surface area contributed by atoms with Crippen molar-refractivity contribution in [2.75, 3.05) is 0 Å². The normalized spacial score (nSPS) is 19.1. The van der Waals surface area contributed by atoms with E-state index in [1.54, 1.807) is 0 Å². The number of rotatable bonds is 3. The van der Waals surface area contributed by atoms with Crippen LogP contribution in [0.5, 0.6) is 0 Å². The zero-order valence-corrected chi connectivity index (χ0v) is 12.1. The molecule has 104 valence electrons. The van der Waals surface area contributed by atoms with Crippen molar-refractivity contribution in [1.82, 2.24) is 5.32 Å². The second-order valence-corrected chi connectivity index (χ2v) is 5.79. The second kappa shape index (κ2) is 5.99. The Balaban J connectivity index is 1.84. The molecule has 0 aliphatic heterocycles. The maximum atomic E-state index is 13.0. The number of nitrogens with one attached hydrogen (secondary N) is 1. The Morgan fingerprint density at radius 3 is 2.58 bits per heavy atom. The van der Waals surface area contributed by atoms with Crippen LogP contribution in [0.1, 0.15) is 31.2 Å². The Morgan fingerprint density at radius 2 is 1.95 bits per heavy atom. The van der Waals surface area contributed by atoms with Crippen molar-refractivity contribution in [2.24, 2.45) is 5.92 Å². The average Bonchev–Trinajstić information content (AvgIpc) is 2.37. The van der Waals surface area contributed by atoms with Crippen molar-refractivity contribution in [1.29, 1.82) is 0 Å². The molecule has 1 amide bonds. The molecular weight excluding hydrogens is 316 g/mol. The molecule has 1 aromatic carbocycles. The van der Waals surface area contributed by atoms with Gasteiger partial charge < -0.3 is 5.32 Å². The van der Waals surface area contributed by atoms with Crippen LogP contribution >= 0.6 is 15.9 Å². The van der Waals surface area contributed by atoms with Crippen molar-refractivity contribution in [3.05, 3.63) is 34.3 Å². The van der Waals surface area contributed by atoms with E-state index in [0.29, 0.717) is 6.54 Å². The van der Waals surface area contributed by atoms with Crippen LogP contribution < -0.4 is 5.32 Å². The molecule has 0 aromatic heterocycles. The molecule has 1 N–H and O–H groups in total. The Kier molecular flexibility index (Phi) is 4.55. The summed E-state index contributed by atoms with van der Waals surface area (Å²) < 4.78 is 26.9. The molecule has 0 spiro atoms. The lowest BCUT2D eigenvalue weighted by molar-refractivity contribution is -0.129. The highest BCUT2D eigenvalue weighted by Gasteiger charge is 2.37. The van der Waals surface area contributed by atoms with Crippen molar-refractivity contribution in [2.45, 2.75) is 38.2 Å². The van der Waals surface area contributed by atoms with Crippen LogP contribution in [0.15, 0.2) is 28.7 Å². The summed E-state index contributed by atoms with van der Waals surface area (Å²) in [6.07, 6.45) is 0.184. The van der Waals surface area contributed by atoms with Crippen molar-refractivity contribution in [3.63, 3.8) is 0 Å². The monoisotopic (exact) mass is 331 g/mol. The predicted molar refractivity (Wildman–Crippen MR) is 72.9 cm³/mol. The molecule has 19 heavy (non-hydrogen) atoms. The highest BCUT2D eigenvalue weighted by Crippen LogP contribution is 2.36. The van der Waals surface area contributed by atoms with E-state index in [9.17, 15) is 13.6 Å². The van der Waals surface area contributed by atoms with E-state index in [1.165, 1.54) is 0 Å². The molecule has 1 aromatic rings. The molecule has 0 bridgehead atoms. The van der Waals surface area contributed by atoms with Gasteiger partial charge in [-0.05, 0) is 24.5 Å². The number of hydrogen-bond donors (Lipinski definition) is 1. The van der Waals surface area contributed by atoms with Gasteiger partial charge in [-0.1, -0.05) is 34.1 Å². The number of halogens is 3. The summed E-state index contributed by atoms with van der Waals surface area (Å²) in [5, 5.41) is 2.82. The largest absolute Gasteiger partial charge is 0.352 e. The van der Waals surface area contributed by atoms with Crippen LogP contribution in [-0.2, 0) is 11.3 Å². The first-order valence-electron chi connectivity index (χ1n) is 6.37. The van der Waals surface area contributed by atoms with Crippen LogP contribution in [-0.4, -0.2) is 11.8 Å². The second-order valence-electron chi connectivity index (χ2n) is 4.94. The maximum Gasteiger partial charge on any atom is 0.248 e. The topological polar surface area (TPSA) is 29.1 Å². The number of carbonyl (C=O) groups excluding carboxylic acids is 1. The highest BCUT2D eigenvalue weighted by atomic mass is 79.9. The molecule has 0 radical (unpaired) electrons. The highest BCUT2D eigenvalue weighted by molar-refractivity contribution is 9.10. The van der Waals surface area contributed by atoms with Gasteiger partial charge >= 0.3 is 0 Å². The van der Waals surface area contributed by atoms with Crippen molar-refractivity contribution in [3.8, 4) is 0 Å². The lowest BCUT2D eigenvalue weighted by Crippen LogP contribution is -2.35. The molecule has 1 aliphatic rings. The first kappa shape index (κ1) is 14.4. The van der Waals surface area contributed by atoms with Crippen LogP contribution in [0, 0.1) is 5.92 Å². The van der Waals surface area contributed by atoms with Gasteiger partial charge in [0.2, 0.25) is 11.8 Å². The lowest BCUT2D eigenvalue weighted by Gasteiger charge is -2.27. The summed E-state index contributed by atoms with van der Waals surface area (Å²) in [6.45, 7) is 0.424. The van der Waals surface area contributed by atoms with Gasteiger partial charge in [-0.3, -0.25) is 4.79 Å². The smallest absolute Gasteiger partial charge is 0.248 e. The molecule has 1 saturated carbocycles. The molecule has 0 atom stereocenters. The Labute approximate surface area is 119 Å². The van der Waals surface area contributed by atoms with Gasteiger partial charge in [-0.2, -0.15) is 0 Å². The first-order valence-corrected chi connectivity index (χ1v) is 7.16. The van der Waals surface area contributed by atoms with Gasteiger partial charge in [-0.15, -0.1) is 0 Å². The fraction of sp³-hybridized carbons (Fsp3) is 0.500. The van der Waals surface area contributed by atoms with E-state index in [0.717, 1.165) is 10.0 Å². The summed E-state index contributed by atoms with van der Waals surface area (Å²) >= 11 is 3.41. The van der Waals surface area contributed by atoms with E-state index in [-0.39, 0.29) is 37.5 Å². The molecule has 1 aliphatic carbocycles. The lowest BCUT2D eigenvalue weighted by atomic mass is 9.86. The van der Waals surface area contributed by atoms with Gasteiger partial charge in [0.05, 0.1) is 0 Å². The van der Waals surface area contributed by atoms with Crippen molar-refractivity contribution >= 4 is 21.8 Å². The molecular formula is C14H16BrF2NO. The van der Waals surface area contributed by atoms with Crippen LogP contribution in [0.3, 0.4) is 0 Å². The van der Waals surface area contributed by atoms with E-state index in [1.807, 2.05) is 24.3 Å². The Bertz CT molecular complexity index is 455. The van der Waals surface area contributed by atoms with Crippen LogP contribution in [0.4, 0.5) is 8.78 Å². The Morgan fingerprint density at radius 1 is 1.32 bits per heavy atom. The van der Waals surface area contributed by atoms with E-state index in [4.69, 9.17) is 0 Å². The van der Waals surface area contributed by atoms with Gasteiger partial charge in [0.1, 0.15) is 0 Å². The van der Waals surface area contributed by atoms with Crippen molar-refractivity contribution < 1.29 is 13.6 Å². The van der Waals surface area contributed by atoms with Gasteiger partial charge in [0.15, 0.2) is 0 Å². The SMILES string of the molecule is O=C(NCc1ccccc1Br)C1CCC(F)(F)CC1. The minimum Gasteiger partial charge on any atom is -0.352 e. The quantitative estimate of drug-likeness (QED) is 0.894. The summed E-state index contributed by atoms with van der Waals surface area (Å²) in [4.78, 5) is 11.9. The first-order chi connectivity index (χ1) is 8.98. The number of benzene rings is 1. The van der Waals surface area contributed by atoms with Crippen LogP contribution in [0.2, 0.25) is 0 Å². The van der Waals surface area contributed by atoms with Gasteiger partial charge in [0, 0.05) is 29.8 Å². The third-order valence-electron chi connectivity index (χ3n) is 3.50. The fourth-order valence-electron chi connectivity index (χ4n) is 2.27. The maximum absolute atomic E-state index is 13.0. The standard InChI is InChI=1S/C14H16BrF2NO/c15-12-4-2-1-3-11(12)9-18-13(19)10-5-7-14(16,17)8-6-10/h1-4,10H,5-9H2,(H,18,19). The zero-order chi connectivity index (χ0) is 13.9. The molecule has 2 nitrogen and oxygen atoms in total. The third kappa shape index (κ3) is 4.00. The molecule has 2 rings (SSSR count). The zero-order valence-electron chi connectivity index (χ0n) is 10.5. The molecule has 0 heterocycles. The third-order valence-corrected chi connectivity index (χ3v) is 4.27. The average molecular weight is 332 g/mol. The summed E-state index contributed by atoms with van der Waals surface area (Å²) in [6, 6.07) is 7.62. The number of carbonyl (C=O) groups is 1. The molecule has 5 heteroatoms. The van der Waals surface area contributed by atoms with Crippen LogP contribution in [0.25, 0.3) is 0 Å². The summed E-state index contributed by atoms with van der Waals surface area (Å²) in [5.41, 5.74) is 0.983. The van der Waals surface area contributed by atoms with Gasteiger partial charge in [0.25, 0.3) is 0 Å². The molecule has 1 fully saturated rings. The van der Waals surface area contributed by atoms with E-state index < -0.39 is 5.92 Å². The fourth-order valence-corrected chi connectivity index (χ4v) is 2.70.